The van der Waals surface area contributed by atoms with Crippen molar-refractivity contribution in [2.24, 2.45) is 0 Å². The Hall–Kier alpha value is -1.57. The van der Waals surface area contributed by atoms with Gasteiger partial charge in [-0.3, -0.25) is 9.48 Å². The average molecular weight is 272 g/mol. The van der Waals surface area contributed by atoms with Crippen molar-refractivity contribution in [3.05, 3.63) is 12.4 Å². The van der Waals surface area contributed by atoms with Crippen molar-refractivity contribution in [1.29, 1.82) is 0 Å². The Kier molecular flexibility index (Phi) is 3.55. The molecule has 2 N–H and O–H groups in total. The second kappa shape index (κ2) is 4.97. The molecule has 0 bridgehead atoms. The lowest BCUT2D eigenvalue weighted by Crippen LogP contribution is -2.23. The highest BCUT2D eigenvalue weighted by Gasteiger charge is 2.27. The Bertz CT molecular complexity index is 537. The highest BCUT2D eigenvalue weighted by Crippen LogP contribution is 2.16. The third-order valence-corrected chi connectivity index (χ3v) is 4.59. The summed E-state index contributed by atoms with van der Waals surface area (Å²) in [6.07, 6.45) is 3.90. The Morgan fingerprint density at radius 1 is 1.61 bits per heavy atom. The van der Waals surface area contributed by atoms with Gasteiger partial charge in [0.25, 0.3) is 0 Å². The second-order valence-electron chi connectivity index (χ2n) is 4.34. The number of nitrogens with zero attached hydrogens (tertiary/aromatic N) is 2. The van der Waals surface area contributed by atoms with Gasteiger partial charge in [0.05, 0.1) is 23.4 Å². The Morgan fingerprint density at radius 2 is 2.39 bits per heavy atom. The molecule has 1 aromatic rings. The predicted molar refractivity (Wildman–Crippen MR) is 67.0 cm³/mol. The van der Waals surface area contributed by atoms with Crippen LogP contribution in [0.4, 0.5) is 5.69 Å². The van der Waals surface area contributed by atoms with Gasteiger partial charge < -0.3 is 10.6 Å². The maximum atomic E-state index is 11.3. The number of hydrogen-bond donors (Lipinski definition) is 2. The fourth-order valence-corrected chi connectivity index (χ4v) is 3.57. The van der Waals surface area contributed by atoms with Crippen LogP contribution in [0, 0.1) is 0 Å². The number of anilines is 1. The van der Waals surface area contributed by atoms with Crippen LogP contribution in [-0.4, -0.2) is 48.7 Å². The zero-order valence-corrected chi connectivity index (χ0v) is 10.9. The Morgan fingerprint density at radius 3 is 3.00 bits per heavy atom. The summed E-state index contributed by atoms with van der Waals surface area (Å²) in [5.41, 5.74) is 0.737. The molecular formula is C10H16N4O3S. The predicted octanol–water partition coefficient (Wildman–Crippen LogP) is -0.772. The molecule has 1 aromatic heterocycles. The van der Waals surface area contributed by atoms with Crippen LogP contribution < -0.4 is 10.6 Å². The molecule has 1 aliphatic heterocycles. The molecule has 0 aromatic carbocycles. The number of aromatic nitrogens is 2. The Labute approximate surface area is 105 Å². The first-order chi connectivity index (χ1) is 8.48. The van der Waals surface area contributed by atoms with Crippen LogP contribution in [0.15, 0.2) is 12.4 Å². The van der Waals surface area contributed by atoms with E-state index < -0.39 is 9.84 Å². The molecule has 2 heterocycles. The largest absolute Gasteiger partial charge is 0.379 e. The molecule has 0 saturated carbocycles. The summed E-state index contributed by atoms with van der Waals surface area (Å²) < 4.78 is 24.1. The van der Waals surface area contributed by atoms with Gasteiger partial charge in [0.2, 0.25) is 5.91 Å². The van der Waals surface area contributed by atoms with Gasteiger partial charge in [-0.25, -0.2) is 8.42 Å². The van der Waals surface area contributed by atoms with Gasteiger partial charge in [-0.05, 0) is 6.42 Å². The summed E-state index contributed by atoms with van der Waals surface area (Å²) in [4.78, 5) is 11.1. The van der Waals surface area contributed by atoms with Gasteiger partial charge >= 0.3 is 0 Å². The van der Waals surface area contributed by atoms with E-state index in [2.05, 4.69) is 15.7 Å². The van der Waals surface area contributed by atoms with E-state index >= 15 is 0 Å². The van der Waals surface area contributed by atoms with Gasteiger partial charge in [-0.15, -0.1) is 0 Å². The first-order valence-electron chi connectivity index (χ1n) is 5.68. The van der Waals surface area contributed by atoms with Crippen molar-refractivity contribution in [3.8, 4) is 0 Å². The zero-order valence-electron chi connectivity index (χ0n) is 10.1. The minimum absolute atomic E-state index is 0.0624. The van der Waals surface area contributed by atoms with Crippen LogP contribution in [-0.2, 0) is 21.2 Å². The SMILES string of the molecule is CNC(=O)Cn1cc(NC2CCS(=O)(=O)C2)cn1. The molecule has 1 atom stereocenters. The number of rotatable bonds is 4. The maximum Gasteiger partial charge on any atom is 0.241 e. The first kappa shape index (κ1) is 12.9. The number of carbonyl (C=O) groups excluding carboxylic acids is 1. The molecule has 7 nitrogen and oxygen atoms in total. The molecule has 1 saturated heterocycles. The van der Waals surface area contributed by atoms with E-state index in [-0.39, 0.29) is 30.0 Å². The van der Waals surface area contributed by atoms with Gasteiger partial charge in [0, 0.05) is 19.3 Å². The van der Waals surface area contributed by atoms with Crippen LogP contribution in [0.25, 0.3) is 0 Å². The van der Waals surface area contributed by atoms with E-state index in [1.54, 1.807) is 19.4 Å². The van der Waals surface area contributed by atoms with Crippen LogP contribution in [0.3, 0.4) is 0 Å². The molecule has 1 fully saturated rings. The fraction of sp³-hybridized carbons (Fsp3) is 0.600. The van der Waals surface area contributed by atoms with Gasteiger partial charge in [0.1, 0.15) is 6.54 Å². The number of hydrogen-bond acceptors (Lipinski definition) is 5. The molecule has 8 heteroatoms. The van der Waals surface area contributed by atoms with Crippen LogP contribution in [0.5, 0.6) is 0 Å². The Balaban J connectivity index is 1.93. The summed E-state index contributed by atoms with van der Waals surface area (Å²) in [6.45, 7) is 0.154. The van der Waals surface area contributed by atoms with E-state index in [9.17, 15) is 13.2 Å². The summed E-state index contributed by atoms with van der Waals surface area (Å²) in [5.74, 6) is 0.262. The molecule has 100 valence electrons. The smallest absolute Gasteiger partial charge is 0.241 e. The van der Waals surface area contributed by atoms with Crippen molar-refractivity contribution in [3.63, 3.8) is 0 Å². The van der Waals surface area contributed by atoms with Crippen molar-refractivity contribution in [1.82, 2.24) is 15.1 Å². The summed E-state index contributed by atoms with van der Waals surface area (Å²) in [5, 5.41) is 9.65. The van der Waals surface area contributed by atoms with Crippen LogP contribution in [0.2, 0.25) is 0 Å². The van der Waals surface area contributed by atoms with Crippen LogP contribution in [0.1, 0.15) is 6.42 Å². The molecule has 1 unspecified atom stereocenters. The quantitative estimate of drug-likeness (QED) is 0.750. The third-order valence-electron chi connectivity index (χ3n) is 2.82. The molecule has 0 radical (unpaired) electrons. The second-order valence-corrected chi connectivity index (χ2v) is 6.57. The molecular weight excluding hydrogens is 256 g/mol. The number of amides is 1. The molecule has 0 spiro atoms. The average Bonchev–Trinajstić information content (AvgIpc) is 2.86. The van der Waals surface area contributed by atoms with Gasteiger partial charge in [-0.1, -0.05) is 0 Å². The lowest BCUT2D eigenvalue weighted by atomic mass is 10.2. The van der Waals surface area contributed by atoms with E-state index in [0.717, 1.165) is 5.69 Å². The van der Waals surface area contributed by atoms with Crippen molar-refractivity contribution < 1.29 is 13.2 Å². The molecule has 1 amide bonds. The normalized spacial score (nSPS) is 21.7. The summed E-state index contributed by atoms with van der Waals surface area (Å²) in [6, 6.07) is -0.0624. The number of carbonyl (C=O) groups is 1. The van der Waals surface area contributed by atoms with Crippen LogP contribution >= 0.6 is 0 Å². The summed E-state index contributed by atoms with van der Waals surface area (Å²) >= 11 is 0. The topological polar surface area (TPSA) is 93.1 Å². The maximum absolute atomic E-state index is 11.3. The highest BCUT2D eigenvalue weighted by atomic mass is 32.2. The molecule has 1 aliphatic rings. The van der Waals surface area contributed by atoms with E-state index in [4.69, 9.17) is 0 Å². The van der Waals surface area contributed by atoms with E-state index in [0.29, 0.717) is 6.42 Å². The number of sulfone groups is 1. The van der Waals surface area contributed by atoms with Gasteiger partial charge in [-0.2, -0.15) is 5.10 Å². The minimum atomic E-state index is -2.89. The molecule has 0 aliphatic carbocycles. The minimum Gasteiger partial charge on any atom is -0.379 e. The summed E-state index contributed by atoms with van der Waals surface area (Å²) in [7, 11) is -1.32. The highest BCUT2D eigenvalue weighted by molar-refractivity contribution is 7.91. The van der Waals surface area contributed by atoms with Crippen molar-refractivity contribution >= 4 is 21.4 Å². The van der Waals surface area contributed by atoms with E-state index in [1.807, 2.05) is 0 Å². The van der Waals surface area contributed by atoms with Crippen molar-refractivity contribution in [2.45, 2.75) is 19.0 Å². The number of nitrogens with one attached hydrogen (secondary N) is 2. The van der Waals surface area contributed by atoms with Crippen molar-refractivity contribution in [2.75, 3.05) is 23.9 Å². The first-order valence-corrected chi connectivity index (χ1v) is 7.50. The zero-order chi connectivity index (χ0) is 13.2. The lowest BCUT2D eigenvalue weighted by Gasteiger charge is -2.09. The standard InChI is InChI=1S/C10H16N4O3S/c1-11-10(15)6-14-5-9(4-12-14)13-8-2-3-18(16,17)7-8/h4-5,8,13H,2-3,6-7H2,1H3,(H,11,15). The number of likely N-dealkylation sites (N-methyl/N-ethyl adjacent to an activating group) is 1. The molecule has 18 heavy (non-hydrogen) atoms. The van der Waals surface area contributed by atoms with Gasteiger partial charge in [0.15, 0.2) is 9.84 Å². The fourth-order valence-electron chi connectivity index (χ4n) is 1.90. The van der Waals surface area contributed by atoms with E-state index in [1.165, 1.54) is 4.68 Å². The monoisotopic (exact) mass is 272 g/mol. The third kappa shape index (κ3) is 3.22. The lowest BCUT2D eigenvalue weighted by molar-refractivity contribution is -0.121. The molecule has 2 rings (SSSR count).